The summed E-state index contributed by atoms with van der Waals surface area (Å²) in [6.07, 6.45) is 0.961. The minimum atomic E-state index is -0.396. The molecule has 1 unspecified atom stereocenters. The molecule has 17 heavy (non-hydrogen) atoms. The second kappa shape index (κ2) is 6.25. The van der Waals surface area contributed by atoms with Gasteiger partial charge >= 0.3 is 0 Å². The molecule has 0 amide bonds. The van der Waals surface area contributed by atoms with Crippen molar-refractivity contribution < 1.29 is 14.3 Å². The van der Waals surface area contributed by atoms with Crippen LogP contribution in [0, 0.1) is 0 Å². The predicted octanol–water partition coefficient (Wildman–Crippen LogP) is 1.55. The topological polar surface area (TPSA) is 61.6 Å². The molecule has 0 bridgehead atoms. The van der Waals surface area contributed by atoms with E-state index in [1.54, 1.807) is 20.3 Å². The van der Waals surface area contributed by atoms with Crippen LogP contribution in [0.15, 0.2) is 18.2 Å². The molecule has 0 saturated heterocycles. The Morgan fingerprint density at radius 1 is 1.24 bits per heavy atom. The van der Waals surface area contributed by atoms with E-state index >= 15 is 0 Å². The number of rotatable bonds is 6. The number of carbonyl (C=O) groups is 1. The van der Waals surface area contributed by atoms with Gasteiger partial charge in [0.05, 0.1) is 20.3 Å². The number of nitrogens with two attached hydrogens (primary N) is 1. The van der Waals surface area contributed by atoms with Crippen molar-refractivity contribution in [3.05, 3.63) is 23.8 Å². The lowest BCUT2D eigenvalue weighted by Crippen LogP contribution is -2.30. The zero-order chi connectivity index (χ0) is 12.8. The van der Waals surface area contributed by atoms with Gasteiger partial charge in [-0.3, -0.25) is 4.79 Å². The fourth-order valence-electron chi connectivity index (χ4n) is 1.53. The van der Waals surface area contributed by atoms with Crippen molar-refractivity contribution in [1.82, 2.24) is 0 Å². The summed E-state index contributed by atoms with van der Waals surface area (Å²) in [5.74, 6) is 1.39. The maximum Gasteiger partial charge on any atom is 0.153 e. The summed E-state index contributed by atoms with van der Waals surface area (Å²) in [6.45, 7) is 1.90. The van der Waals surface area contributed by atoms with Gasteiger partial charge in [0.25, 0.3) is 0 Å². The molecule has 0 spiro atoms. The van der Waals surface area contributed by atoms with Gasteiger partial charge in [0.1, 0.15) is 11.5 Å². The first-order valence-corrected chi connectivity index (χ1v) is 5.61. The number of hydrogen-bond acceptors (Lipinski definition) is 4. The number of hydrogen-bond donors (Lipinski definition) is 1. The van der Waals surface area contributed by atoms with Crippen molar-refractivity contribution in [2.24, 2.45) is 5.73 Å². The van der Waals surface area contributed by atoms with Crippen LogP contribution >= 0.6 is 0 Å². The second-order valence-corrected chi connectivity index (χ2v) is 3.88. The van der Waals surface area contributed by atoms with E-state index in [1.807, 2.05) is 19.1 Å². The molecular formula is C13H19NO3. The molecular weight excluding hydrogens is 218 g/mol. The van der Waals surface area contributed by atoms with Crippen LogP contribution in [-0.4, -0.2) is 26.0 Å². The van der Waals surface area contributed by atoms with Crippen LogP contribution in [0.25, 0.3) is 0 Å². The third kappa shape index (κ3) is 3.75. The molecule has 1 aromatic carbocycles. The van der Waals surface area contributed by atoms with Gasteiger partial charge in [-0.05, 0) is 24.1 Å². The maximum absolute atomic E-state index is 11.7. The van der Waals surface area contributed by atoms with Gasteiger partial charge in [0.2, 0.25) is 0 Å². The minimum absolute atomic E-state index is 0.0304. The summed E-state index contributed by atoms with van der Waals surface area (Å²) in [4.78, 5) is 11.7. The monoisotopic (exact) mass is 237 g/mol. The van der Waals surface area contributed by atoms with Crippen LogP contribution in [0.1, 0.15) is 18.9 Å². The fraction of sp³-hybridized carbons (Fsp3) is 0.462. The highest BCUT2D eigenvalue weighted by Gasteiger charge is 2.13. The zero-order valence-electron chi connectivity index (χ0n) is 10.5. The Balaban J connectivity index is 2.86. The van der Waals surface area contributed by atoms with Gasteiger partial charge in [0, 0.05) is 12.5 Å². The molecule has 2 N–H and O–H groups in total. The molecule has 1 atom stereocenters. The minimum Gasteiger partial charge on any atom is -0.497 e. The van der Waals surface area contributed by atoms with Crippen LogP contribution in [0.4, 0.5) is 0 Å². The zero-order valence-corrected chi connectivity index (χ0v) is 10.5. The van der Waals surface area contributed by atoms with E-state index in [0.717, 1.165) is 5.56 Å². The van der Waals surface area contributed by atoms with E-state index in [4.69, 9.17) is 15.2 Å². The summed E-state index contributed by atoms with van der Waals surface area (Å²) >= 11 is 0. The lowest BCUT2D eigenvalue weighted by Gasteiger charge is -2.10. The average Bonchev–Trinajstić information content (AvgIpc) is 2.36. The highest BCUT2D eigenvalue weighted by Crippen LogP contribution is 2.23. The Bertz CT molecular complexity index is 368. The number of ketones is 1. The summed E-state index contributed by atoms with van der Waals surface area (Å²) < 4.78 is 10.3. The first-order chi connectivity index (χ1) is 8.10. The smallest absolute Gasteiger partial charge is 0.153 e. The van der Waals surface area contributed by atoms with E-state index in [1.165, 1.54) is 0 Å². The lowest BCUT2D eigenvalue weighted by atomic mass is 10.0. The molecule has 1 aromatic rings. The Kier molecular flexibility index (Phi) is 4.97. The van der Waals surface area contributed by atoms with Crippen LogP contribution in [0.2, 0.25) is 0 Å². The SMILES string of the molecule is CCC(N)C(=O)Cc1cc(OC)cc(OC)c1. The van der Waals surface area contributed by atoms with Crippen molar-refractivity contribution in [3.8, 4) is 11.5 Å². The summed E-state index contributed by atoms with van der Waals surface area (Å²) in [5, 5.41) is 0. The van der Waals surface area contributed by atoms with Gasteiger partial charge in [-0.1, -0.05) is 6.92 Å². The molecule has 4 heteroatoms. The molecule has 0 aliphatic carbocycles. The standard InChI is InChI=1S/C13H19NO3/c1-4-12(14)13(15)7-9-5-10(16-2)8-11(6-9)17-3/h5-6,8,12H,4,7,14H2,1-3H3. The van der Waals surface area contributed by atoms with Crippen molar-refractivity contribution in [2.75, 3.05) is 14.2 Å². The van der Waals surface area contributed by atoms with E-state index in [-0.39, 0.29) is 5.78 Å². The molecule has 0 aliphatic rings. The number of methoxy groups -OCH3 is 2. The van der Waals surface area contributed by atoms with E-state index < -0.39 is 6.04 Å². The number of Topliss-reactive ketones (excluding diaryl/α,β-unsaturated/α-hetero) is 1. The third-order valence-electron chi connectivity index (χ3n) is 2.64. The number of carbonyl (C=O) groups excluding carboxylic acids is 1. The summed E-state index contributed by atoms with van der Waals surface area (Å²) in [7, 11) is 3.16. The van der Waals surface area contributed by atoms with Crippen molar-refractivity contribution in [1.29, 1.82) is 0 Å². The van der Waals surface area contributed by atoms with Crippen LogP contribution in [0.3, 0.4) is 0 Å². The quantitative estimate of drug-likeness (QED) is 0.815. The molecule has 4 nitrogen and oxygen atoms in total. The van der Waals surface area contributed by atoms with Crippen molar-refractivity contribution in [2.45, 2.75) is 25.8 Å². The van der Waals surface area contributed by atoms with E-state index in [2.05, 4.69) is 0 Å². The van der Waals surface area contributed by atoms with E-state index in [0.29, 0.717) is 24.3 Å². The number of benzene rings is 1. The predicted molar refractivity (Wildman–Crippen MR) is 66.5 cm³/mol. The molecule has 0 aliphatic heterocycles. The molecule has 0 fully saturated rings. The Hall–Kier alpha value is -1.55. The van der Waals surface area contributed by atoms with E-state index in [9.17, 15) is 4.79 Å². The Morgan fingerprint density at radius 3 is 2.18 bits per heavy atom. The van der Waals surface area contributed by atoms with Gasteiger partial charge < -0.3 is 15.2 Å². The highest BCUT2D eigenvalue weighted by atomic mass is 16.5. The molecule has 0 aromatic heterocycles. The largest absolute Gasteiger partial charge is 0.497 e. The lowest BCUT2D eigenvalue weighted by molar-refractivity contribution is -0.119. The Labute approximate surface area is 102 Å². The average molecular weight is 237 g/mol. The van der Waals surface area contributed by atoms with Crippen LogP contribution in [0.5, 0.6) is 11.5 Å². The molecule has 0 heterocycles. The molecule has 0 saturated carbocycles. The third-order valence-corrected chi connectivity index (χ3v) is 2.64. The molecule has 94 valence electrons. The fourth-order valence-corrected chi connectivity index (χ4v) is 1.53. The second-order valence-electron chi connectivity index (χ2n) is 3.88. The first kappa shape index (κ1) is 13.5. The van der Waals surface area contributed by atoms with Crippen molar-refractivity contribution >= 4 is 5.78 Å². The summed E-state index contributed by atoms with van der Waals surface area (Å²) in [5.41, 5.74) is 6.55. The van der Waals surface area contributed by atoms with Gasteiger partial charge in [-0.25, -0.2) is 0 Å². The number of ether oxygens (including phenoxy) is 2. The normalized spacial score (nSPS) is 12.0. The Morgan fingerprint density at radius 2 is 1.76 bits per heavy atom. The van der Waals surface area contributed by atoms with Crippen LogP contribution < -0.4 is 15.2 Å². The summed E-state index contributed by atoms with van der Waals surface area (Å²) in [6, 6.07) is 5.02. The molecule has 0 radical (unpaired) electrons. The first-order valence-electron chi connectivity index (χ1n) is 5.61. The van der Waals surface area contributed by atoms with Gasteiger partial charge in [0.15, 0.2) is 5.78 Å². The van der Waals surface area contributed by atoms with Crippen LogP contribution in [-0.2, 0) is 11.2 Å². The molecule has 1 rings (SSSR count). The van der Waals surface area contributed by atoms with Gasteiger partial charge in [-0.2, -0.15) is 0 Å². The van der Waals surface area contributed by atoms with Crippen molar-refractivity contribution in [3.63, 3.8) is 0 Å². The highest BCUT2D eigenvalue weighted by molar-refractivity contribution is 5.85. The van der Waals surface area contributed by atoms with Gasteiger partial charge in [-0.15, -0.1) is 0 Å². The maximum atomic E-state index is 11.7.